The molecule has 2 aromatic carbocycles. The number of carbonyl (C=O) groups excluding carboxylic acids is 1. The van der Waals surface area contributed by atoms with Crippen LogP contribution in [-0.2, 0) is 10.3 Å². The Morgan fingerprint density at radius 2 is 1.65 bits per heavy atom. The Hall–Kier alpha value is -2.44. The second kappa shape index (κ2) is 6.65. The first-order valence-electron chi connectivity index (χ1n) is 6.61. The van der Waals surface area contributed by atoms with Gasteiger partial charge in [0.1, 0.15) is 0 Å². The summed E-state index contributed by atoms with van der Waals surface area (Å²) < 4.78 is 0. The van der Waals surface area contributed by atoms with Gasteiger partial charge in [0.2, 0.25) is 6.08 Å². The van der Waals surface area contributed by atoms with Gasteiger partial charge in [0, 0.05) is 0 Å². The number of hydrogen-bond donors (Lipinski definition) is 0. The summed E-state index contributed by atoms with van der Waals surface area (Å²) in [6.07, 6.45) is 6.44. The molecule has 0 heterocycles. The van der Waals surface area contributed by atoms with E-state index in [1.807, 2.05) is 79.7 Å². The smallest absolute Gasteiger partial charge is 0.211 e. The summed E-state index contributed by atoms with van der Waals surface area (Å²) in [6.45, 7) is 1.95. The van der Waals surface area contributed by atoms with Gasteiger partial charge in [0.15, 0.2) is 0 Å². The molecular formula is C18H17NO. The van der Waals surface area contributed by atoms with Gasteiger partial charge in [-0.15, -0.1) is 0 Å². The topological polar surface area (TPSA) is 29.4 Å². The van der Waals surface area contributed by atoms with Crippen LogP contribution in [0.5, 0.6) is 0 Å². The van der Waals surface area contributed by atoms with Crippen LogP contribution in [-0.4, -0.2) is 6.08 Å². The number of benzene rings is 2. The van der Waals surface area contributed by atoms with Crippen LogP contribution in [0.4, 0.5) is 0 Å². The Morgan fingerprint density at radius 3 is 2.25 bits per heavy atom. The summed E-state index contributed by atoms with van der Waals surface area (Å²) in [4.78, 5) is 14.7. The van der Waals surface area contributed by atoms with E-state index in [4.69, 9.17) is 0 Å². The second-order valence-electron chi connectivity index (χ2n) is 4.86. The molecule has 100 valence electrons. The Bertz CT molecular complexity index is 612. The van der Waals surface area contributed by atoms with E-state index in [9.17, 15) is 4.79 Å². The molecule has 2 rings (SSSR count). The Morgan fingerprint density at radius 1 is 1.05 bits per heavy atom. The fourth-order valence-electron chi connectivity index (χ4n) is 2.11. The molecule has 0 saturated heterocycles. The van der Waals surface area contributed by atoms with Gasteiger partial charge in [-0.25, -0.2) is 4.79 Å². The lowest BCUT2D eigenvalue weighted by Gasteiger charge is -2.22. The second-order valence-corrected chi connectivity index (χ2v) is 4.86. The van der Waals surface area contributed by atoms with Crippen LogP contribution in [0.3, 0.4) is 0 Å². The normalized spacial score (nSPS) is 13.7. The lowest BCUT2D eigenvalue weighted by atomic mass is 9.89. The monoisotopic (exact) mass is 263 g/mol. The van der Waals surface area contributed by atoms with E-state index in [0.717, 1.165) is 11.1 Å². The van der Waals surface area contributed by atoms with Crippen LogP contribution in [0.1, 0.15) is 24.5 Å². The molecule has 0 fully saturated rings. The van der Waals surface area contributed by atoms with E-state index in [1.54, 1.807) is 6.08 Å². The standard InChI is InChI=1S/C18H17NO/c1-18(19-15-20,17-12-6-3-7-13-17)14-8-11-16-9-4-2-5-10-16/h2-13H,14H2,1H3/b11-8+. The lowest BCUT2D eigenvalue weighted by molar-refractivity contribution is 0.490. The van der Waals surface area contributed by atoms with Gasteiger partial charge in [-0.1, -0.05) is 72.8 Å². The zero-order valence-electron chi connectivity index (χ0n) is 11.5. The predicted octanol–water partition coefficient (Wildman–Crippen LogP) is 4.34. The van der Waals surface area contributed by atoms with E-state index in [1.165, 1.54) is 0 Å². The molecule has 2 nitrogen and oxygen atoms in total. The maximum atomic E-state index is 10.7. The average Bonchev–Trinajstić information content (AvgIpc) is 2.49. The first-order chi connectivity index (χ1) is 9.74. The van der Waals surface area contributed by atoms with E-state index in [2.05, 4.69) is 4.99 Å². The van der Waals surface area contributed by atoms with Crippen molar-refractivity contribution in [3.8, 4) is 0 Å². The maximum absolute atomic E-state index is 10.7. The number of hydrogen-bond acceptors (Lipinski definition) is 2. The molecule has 0 bridgehead atoms. The van der Waals surface area contributed by atoms with Crippen molar-refractivity contribution in [1.29, 1.82) is 0 Å². The average molecular weight is 263 g/mol. The van der Waals surface area contributed by atoms with Gasteiger partial charge in [0.25, 0.3) is 0 Å². The van der Waals surface area contributed by atoms with Crippen molar-refractivity contribution >= 4 is 12.2 Å². The third kappa shape index (κ3) is 3.53. The third-order valence-electron chi connectivity index (χ3n) is 3.31. The molecule has 0 saturated carbocycles. The van der Waals surface area contributed by atoms with Crippen molar-refractivity contribution in [2.75, 3.05) is 0 Å². The molecule has 0 aromatic heterocycles. The van der Waals surface area contributed by atoms with Crippen LogP contribution in [0.2, 0.25) is 0 Å². The molecule has 0 aliphatic carbocycles. The lowest BCUT2D eigenvalue weighted by Crippen LogP contribution is -2.17. The Labute approximate surface area is 119 Å². The van der Waals surface area contributed by atoms with Crippen molar-refractivity contribution in [1.82, 2.24) is 0 Å². The number of nitrogens with zero attached hydrogens (tertiary/aromatic N) is 1. The summed E-state index contributed by atoms with van der Waals surface area (Å²) >= 11 is 0. The zero-order chi connectivity index (χ0) is 14.3. The summed E-state index contributed by atoms with van der Waals surface area (Å²) in [5.41, 5.74) is 1.59. The highest BCUT2D eigenvalue weighted by atomic mass is 16.1. The molecule has 0 N–H and O–H groups in total. The SMILES string of the molecule is CC(C/C=C/c1ccccc1)(N=C=O)c1ccccc1. The molecular weight excluding hydrogens is 246 g/mol. The van der Waals surface area contributed by atoms with E-state index >= 15 is 0 Å². The highest BCUT2D eigenvalue weighted by molar-refractivity contribution is 5.49. The molecule has 0 spiro atoms. The minimum atomic E-state index is -0.561. The van der Waals surface area contributed by atoms with Crippen molar-refractivity contribution in [2.24, 2.45) is 4.99 Å². The third-order valence-corrected chi connectivity index (χ3v) is 3.31. The zero-order valence-corrected chi connectivity index (χ0v) is 11.5. The molecule has 0 aliphatic rings. The first-order valence-corrected chi connectivity index (χ1v) is 6.61. The molecule has 1 atom stereocenters. The molecule has 0 aliphatic heterocycles. The van der Waals surface area contributed by atoms with Crippen LogP contribution in [0.15, 0.2) is 71.7 Å². The van der Waals surface area contributed by atoms with E-state index in [-0.39, 0.29) is 0 Å². The molecule has 20 heavy (non-hydrogen) atoms. The van der Waals surface area contributed by atoms with Gasteiger partial charge in [-0.3, -0.25) is 0 Å². The predicted molar refractivity (Wildman–Crippen MR) is 82.0 cm³/mol. The fourth-order valence-corrected chi connectivity index (χ4v) is 2.11. The summed E-state index contributed by atoms with van der Waals surface area (Å²) in [5.74, 6) is 0. The minimum absolute atomic E-state index is 0.561. The quantitative estimate of drug-likeness (QED) is 0.582. The van der Waals surface area contributed by atoms with Crippen LogP contribution in [0.25, 0.3) is 6.08 Å². The largest absolute Gasteiger partial charge is 0.235 e. The highest BCUT2D eigenvalue weighted by Crippen LogP contribution is 2.29. The summed E-state index contributed by atoms with van der Waals surface area (Å²) in [6, 6.07) is 19.9. The minimum Gasteiger partial charge on any atom is -0.211 e. The van der Waals surface area contributed by atoms with Crippen LogP contribution in [0, 0.1) is 0 Å². The molecule has 2 heteroatoms. The van der Waals surface area contributed by atoms with E-state index < -0.39 is 5.54 Å². The van der Waals surface area contributed by atoms with Gasteiger partial charge >= 0.3 is 0 Å². The maximum Gasteiger partial charge on any atom is 0.235 e. The number of aliphatic imine (C=N–C) groups is 1. The molecule has 0 radical (unpaired) electrons. The van der Waals surface area contributed by atoms with Crippen LogP contribution < -0.4 is 0 Å². The fraction of sp³-hybridized carbons (Fsp3) is 0.167. The van der Waals surface area contributed by atoms with Crippen molar-refractivity contribution in [3.63, 3.8) is 0 Å². The molecule has 0 amide bonds. The summed E-state index contributed by atoms with van der Waals surface area (Å²) in [7, 11) is 0. The molecule has 2 aromatic rings. The van der Waals surface area contributed by atoms with Crippen molar-refractivity contribution < 1.29 is 4.79 Å². The number of rotatable bonds is 5. The highest BCUT2D eigenvalue weighted by Gasteiger charge is 2.24. The molecule has 1 unspecified atom stereocenters. The van der Waals surface area contributed by atoms with Gasteiger partial charge < -0.3 is 0 Å². The van der Waals surface area contributed by atoms with Crippen molar-refractivity contribution in [2.45, 2.75) is 18.9 Å². The van der Waals surface area contributed by atoms with Gasteiger partial charge in [0.05, 0.1) is 5.54 Å². The van der Waals surface area contributed by atoms with Crippen molar-refractivity contribution in [3.05, 3.63) is 77.9 Å². The first kappa shape index (κ1) is 14.0. The number of isocyanates is 1. The Balaban J connectivity index is 2.18. The van der Waals surface area contributed by atoms with Gasteiger partial charge in [-0.2, -0.15) is 4.99 Å². The summed E-state index contributed by atoms with van der Waals surface area (Å²) in [5, 5.41) is 0. The van der Waals surface area contributed by atoms with Crippen LogP contribution >= 0.6 is 0 Å². The Kier molecular flexibility index (Phi) is 4.65. The van der Waals surface area contributed by atoms with E-state index in [0.29, 0.717) is 6.42 Å². The van der Waals surface area contributed by atoms with Gasteiger partial charge in [-0.05, 0) is 24.5 Å².